The molecule has 1 aromatic carbocycles. The topological polar surface area (TPSA) is 117 Å². The van der Waals surface area contributed by atoms with Gasteiger partial charge in [-0.15, -0.1) is 0 Å². The number of ether oxygens (including phenoxy) is 1. The largest absolute Gasteiger partial charge is 0.471 e. The number of nitrogens with zero attached hydrogens (tertiary/aromatic N) is 4. The second-order valence-corrected chi connectivity index (χ2v) is 6.10. The molecule has 0 saturated heterocycles. The van der Waals surface area contributed by atoms with Crippen LogP contribution in [0.25, 0.3) is 0 Å². The zero-order chi connectivity index (χ0) is 21.9. The summed E-state index contributed by atoms with van der Waals surface area (Å²) in [6.45, 7) is 2.06. The number of alkyl halides is 3. The highest BCUT2D eigenvalue weighted by molar-refractivity contribution is 6.06. The number of carbonyl (C=O) groups excluding carboxylic acids is 2. The molecule has 2 amide bonds. The van der Waals surface area contributed by atoms with E-state index in [1.165, 1.54) is 40.0 Å². The van der Waals surface area contributed by atoms with E-state index in [0.717, 1.165) is 12.1 Å². The van der Waals surface area contributed by atoms with Crippen molar-refractivity contribution >= 4 is 17.5 Å². The Morgan fingerprint density at radius 2 is 1.97 bits per heavy atom. The van der Waals surface area contributed by atoms with E-state index in [1.807, 2.05) is 0 Å². The normalized spacial score (nSPS) is 11.3. The smallest absolute Gasteiger partial charge is 0.416 e. The maximum Gasteiger partial charge on any atom is 0.416 e. The zero-order valence-electron chi connectivity index (χ0n) is 15.7. The molecule has 0 saturated carbocycles. The molecule has 3 aromatic rings. The Morgan fingerprint density at radius 1 is 1.20 bits per heavy atom. The summed E-state index contributed by atoms with van der Waals surface area (Å²) in [5.41, 5.74) is 4.49. The molecule has 2 aromatic heterocycles. The predicted molar refractivity (Wildman–Crippen MR) is 98.7 cm³/mol. The number of rotatable bonds is 7. The highest BCUT2D eigenvalue weighted by Crippen LogP contribution is 2.31. The van der Waals surface area contributed by atoms with Gasteiger partial charge >= 0.3 is 6.18 Å². The molecule has 0 bridgehead atoms. The molecule has 0 aliphatic heterocycles. The summed E-state index contributed by atoms with van der Waals surface area (Å²) in [6, 6.07) is 5.80. The van der Waals surface area contributed by atoms with Crippen LogP contribution in [-0.4, -0.2) is 31.4 Å². The number of hydrogen-bond acceptors (Lipinski definition) is 5. The van der Waals surface area contributed by atoms with Crippen LogP contribution in [0.3, 0.4) is 0 Å². The first-order valence-corrected chi connectivity index (χ1v) is 8.69. The minimum Gasteiger partial charge on any atom is -0.471 e. The molecule has 9 nitrogen and oxygen atoms in total. The number of carbonyl (C=O) groups is 2. The zero-order valence-corrected chi connectivity index (χ0v) is 15.7. The van der Waals surface area contributed by atoms with E-state index in [2.05, 4.69) is 15.5 Å². The summed E-state index contributed by atoms with van der Waals surface area (Å²) >= 11 is 0. The number of nitrogens with two attached hydrogens (primary N) is 1. The van der Waals surface area contributed by atoms with E-state index in [-0.39, 0.29) is 29.6 Å². The molecule has 0 atom stereocenters. The fourth-order valence-corrected chi connectivity index (χ4v) is 2.50. The molecular formula is C18H17F3N6O3. The van der Waals surface area contributed by atoms with E-state index >= 15 is 0 Å². The first-order valence-electron chi connectivity index (χ1n) is 8.69. The lowest BCUT2D eigenvalue weighted by molar-refractivity contribution is -0.137. The number of aromatic nitrogens is 4. The third-order valence-electron chi connectivity index (χ3n) is 3.97. The molecule has 30 heavy (non-hydrogen) atoms. The van der Waals surface area contributed by atoms with E-state index < -0.39 is 23.6 Å². The molecule has 3 rings (SSSR count). The van der Waals surface area contributed by atoms with Crippen LogP contribution in [0.2, 0.25) is 0 Å². The van der Waals surface area contributed by atoms with Gasteiger partial charge in [0.15, 0.2) is 18.1 Å². The monoisotopic (exact) mass is 422 g/mol. The Bertz CT molecular complexity index is 1070. The summed E-state index contributed by atoms with van der Waals surface area (Å²) in [5, 5.41) is 10.5. The quantitative estimate of drug-likeness (QED) is 0.607. The van der Waals surface area contributed by atoms with Crippen molar-refractivity contribution in [2.75, 3.05) is 5.32 Å². The van der Waals surface area contributed by atoms with Gasteiger partial charge in [-0.1, -0.05) is 6.07 Å². The van der Waals surface area contributed by atoms with E-state index in [1.54, 1.807) is 6.92 Å². The number of primary amides is 1. The number of hydrogen-bond donors (Lipinski definition) is 2. The minimum absolute atomic E-state index is 0.00214. The fourth-order valence-electron chi connectivity index (χ4n) is 2.50. The summed E-state index contributed by atoms with van der Waals surface area (Å²) in [4.78, 5) is 23.9. The molecule has 12 heteroatoms. The number of benzene rings is 1. The molecule has 2 heterocycles. The van der Waals surface area contributed by atoms with Gasteiger partial charge in [-0.3, -0.25) is 14.3 Å². The van der Waals surface area contributed by atoms with Gasteiger partial charge in [-0.05, 0) is 31.2 Å². The standard InChI is InChI=1S/C18H17F3N6O3/c1-2-26-9-14(15(25-26)16(22)28)23-17(29)13-6-7-27(24-13)10-30-12-5-3-4-11(8-12)18(19,20)21/h3-9H,2,10H2,1H3,(H2,22,28)(H,23,29). The Hall–Kier alpha value is -3.83. The molecule has 0 radical (unpaired) electrons. The van der Waals surface area contributed by atoms with Gasteiger partial charge in [0.2, 0.25) is 0 Å². The average Bonchev–Trinajstić information content (AvgIpc) is 3.33. The first-order chi connectivity index (χ1) is 14.2. The van der Waals surface area contributed by atoms with Crippen LogP contribution in [0.5, 0.6) is 5.75 Å². The Labute approximate surface area is 168 Å². The van der Waals surface area contributed by atoms with E-state index in [9.17, 15) is 22.8 Å². The maximum atomic E-state index is 12.8. The summed E-state index contributed by atoms with van der Waals surface area (Å²) < 4.78 is 46.2. The molecule has 0 aliphatic rings. The van der Waals surface area contributed by atoms with Crippen molar-refractivity contribution in [3.05, 3.63) is 59.7 Å². The average molecular weight is 422 g/mol. The number of nitrogens with one attached hydrogen (secondary N) is 1. The SMILES string of the molecule is CCn1cc(NC(=O)c2ccn(COc3cccc(C(F)(F)F)c3)n2)c(C(N)=O)n1. The van der Waals surface area contributed by atoms with Crippen molar-refractivity contribution in [2.45, 2.75) is 26.4 Å². The first kappa shape index (κ1) is 20.9. The second-order valence-electron chi connectivity index (χ2n) is 6.10. The second kappa shape index (κ2) is 8.27. The van der Waals surface area contributed by atoms with Crippen LogP contribution in [0.4, 0.5) is 18.9 Å². The number of halogens is 3. The van der Waals surface area contributed by atoms with Gasteiger partial charge in [0, 0.05) is 18.9 Å². The third kappa shape index (κ3) is 4.77. The minimum atomic E-state index is -4.48. The highest BCUT2D eigenvalue weighted by Gasteiger charge is 2.30. The molecular weight excluding hydrogens is 405 g/mol. The van der Waals surface area contributed by atoms with Gasteiger partial charge in [0.05, 0.1) is 11.3 Å². The number of aryl methyl sites for hydroxylation is 1. The summed E-state index contributed by atoms with van der Waals surface area (Å²) in [6.07, 6.45) is -1.59. The van der Waals surface area contributed by atoms with Gasteiger partial charge in [-0.2, -0.15) is 23.4 Å². The predicted octanol–water partition coefficient (Wildman–Crippen LogP) is 2.51. The van der Waals surface area contributed by atoms with Crippen LogP contribution in [0.1, 0.15) is 33.5 Å². The van der Waals surface area contributed by atoms with Crippen LogP contribution in [-0.2, 0) is 19.5 Å². The molecule has 0 unspecified atom stereocenters. The Balaban J connectivity index is 1.66. The van der Waals surface area contributed by atoms with Crippen LogP contribution in [0.15, 0.2) is 42.7 Å². The van der Waals surface area contributed by atoms with Gasteiger partial charge in [-0.25, -0.2) is 4.68 Å². The number of amides is 2. The molecule has 0 fully saturated rings. The van der Waals surface area contributed by atoms with Crippen molar-refractivity contribution in [1.29, 1.82) is 0 Å². The Kier molecular flexibility index (Phi) is 5.76. The molecule has 158 valence electrons. The Morgan fingerprint density at radius 3 is 2.63 bits per heavy atom. The van der Waals surface area contributed by atoms with E-state index in [0.29, 0.717) is 6.54 Å². The van der Waals surface area contributed by atoms with E-state index in [4.69, 9.17) is 10.5 Å². The van der Waals surface area contributed by atoms with Crippen molar-refractivity contribution in [1.82, 2.24) is 19.6 Å². The maximum absolute atomic E-state index is 12.8. The molecule has 0 spiro atoms. The summed E-state index contributed by atoms with van der Waals surface area (Å²) in [5.74, 6) is -1.41. The number of anilines is 1. The lowest BCUT2D eigenvalue weighted by Gasteiger charge is -2.10. The van der Waals surface area contributed by atoms with Crippen molar-refractivity contribution in [2.24, 2.45) is 5.73 Å². The molecule has 3 N–H and O–H groups in total. The van der Waals surface area contributed by atoms with Crippen molar-refractivity contribution in [3.63, 3.8) is 0 Å². The highest BCUT2D eigenvalue weighted by atomic mass is 19.4. The van der Waals surface area contributed by atoms with Crippen LogP contribution >= 0.6 is 0 Å². The van der Waals surface area contributed by atoms with Crippen LogP contribution < -0.4 is 15.8 Å². The van der Waals surface area contributed by atoms with Crippen molar-refractivity contribution in [3.8, 4) is 5.75 Å². The third-order valence-corrected chi connectivity index (χ3v) is 3.97. The van der Waals surface area contributed by atoms with Gasteiger partial charge in [0.25, 0.3) is 11.8 Å². The molecule has 0 aliphatic carbocycles. The van der Waals surface area contributed by atoms with Gasteiger partial charge < -0.3 is 15.8 Å². The lowest BCUT2D eigenvalue weighted by Crippen LogP contribution is -2.18. The lowest BCUT2D eigenvalue weighted by atomic mass is 10.2. The van der Waals surface area contributed by atoms with Crippen molar-refractivity contribution < 1.29 is 27.5 Å². The fraction of sp³-hybridized carbons (Fsp3) is 0.222. The summed E-state index contributed by atoms with van der Waals surface area (Å²) in [7, 11) is 0. The van der Waals surface area contributed by atoms with Crippen LogP contribution in [0, 0.1) is 0 Å². The van der Waals surface area contributed by atoms with Gasteiger partial charge in [0.1, 0.15) is 5.75 Å².